The van der Waals surface area contributed by atoms with Crippen molar-refractivity contribution in [2.45, 2.75) is 19.3 Å². The van der Waals surface area contributed by atoms with E-state index in [0.29, 0.717) is 17.5 Å². The zero-order chi connectivity index (χ0) is 30.8. The first-order valence-electron chi connectivity index (χ1n) is 15.6. The lowest BCUT2D eigenvalue weighted by molar-refractivity contribution is 0.656. The number of rotatable bonds is 4. The third-order valence-electron chi connectivity index (χ3n) is 9.34. The molecule has 8 aromatic rings. The molecule has 6 aromatic carbocycles. The number of para-hydroxylation sites is 1. The van der Waals surface area contributed by atoms with Crippen molar-refractivity contribution in [2.24, 2.45) is 0 Å². The molecule has 1 aliphatic rings. The minimum absolute atomic E-state index is 0.213. The Morgan fingerprint density at radius 3 is 1.87 bits per heavy atom. The fourth-order valence-electron chi connectivity index (χ4n) is 7.08. The number of nitrogens with zero attached hydrogens (tertiary/aromatic N) is 3. The van der Waals surface area contributed by atoms with Gasteiger partial charge in [0, 0.05) is 32.9 Å². The van der Waals surface area contributed by atoms with E-state index >= 15 is 0 Å². The highest BCUT2D eigenvalue weighted by Gasteiger charge is 2.39. The second kappa shape index (κ2) is 10.1. The molecule has 0 aliphatic heterocycles. The Hall–Kier alpha value is -5.87. The lowest BCUT2D eigenvalue weighted by atomic mass is 9.82. The molecule has 0 fully saturated rings. The van der Waals surface area contributed by atoms with Crippen LogP contribution in [0.4, 0.5) is 0 Å². The summed E-state index contributed by atoms with van der Waals surface area (Å²) in [5.41, 5.74) is 11.6. The average Bonchev–Trinajstić information content (AvgIpc) is 3.61. The first kappa shape index (κ1) is 26.5. The van der Waals surface area contributed by atoms with Gasteiger partial charge in [-0.25, -0.2) is 15.0 Å². The maximum Gasteiger partial charge on any atom is 0.164 e. The van der Waals surface area contributed by atoms with E-state index in [9.17, 15) is 0 Å². The summed E-state index contributed by atoms with van der Waals surface area (Å²) in [6.45, 7) is 4.61. The van der Waals surface area contributed by atoms with Gasteiger partial charge in [0.2, 0.25) is 0 Å². The third kappa shape index (κ3) is 4.04. The molecule has 0 amide bonds. The Bertz CT molecular complexity index is 2440. The van der Waals surface area contributed by atoms with Crippen LogP contribution in [0.25, 0.3) is 78.4 Å². The van der Waals surface area contributed by atoms with Crippen molar-refractivity contribution < 1.29 is 4.42 Å². The molecule has 0 atom stereocenters. The van der Waals surface area contributed by atoms with Crippen molar-refractivity contribution in [1.29, 1.82) is 0 Å². The predicted molar refractivity (Wildman–Crippen MR) is 186 cm³/mol. The Labute approximate surface area is 267 Å². The number of fused-ring (bicyclic) bond motifs is 7. The highest BCUT2D eigenvalue weighted by molar-refractivity contribution is 6.16. The molecule has 218 valence electrons. The van der Waals surface area contributed by atoms with Gasteiger partial charge in [0.15, 0.2) is 17.5 Å². The first-order chi connectivity index (χ1) is 22.6. The summed E-state index contributed by atoms with van der Waals surface area (Å²) in [6, 6.07) is 48.2. The molecule has 2 heterocycles. The lowest BCUT2D eigenvalue weighted by Crippen LogP contribution is -2.14. The molecule has 0 saturated heterocycles. The van der Waals surface area contributed by atoms with Crippen LogP contribution in [-0.2, 0) is 5.41 Å². The van der Waals surface area contributed by atoms with Crippen molar-refractivity contribution >= 4 is 21.9 Å². The van der Waals surface area contributed by atoms with Gasteiger partial charge in [0.25, 0.3) is 0 Å². The van der Waals surface area contributed by atoms with Gasteiger partial charge in [-0.1, -0.05) is 135 Å². The summed E-state index contributed by atoms with van der Waals surface area (Å²) >= 11 is 0. The normalized spacial score (nSPS) is 13.2. The van der Waals surface area contributed by atoms with Crippen LogP contribution >= 0.6 is 0 Å². The summed E-state index contributed by atoms with van der Waals surface area (Å²) in [6.07, 6.45) is 0. The zero-order valence-electron chi connectivity index (χ0n) is 25.5. The van der Waals surface area contributed by atoms with Crippen molar-refractivity contribution in [2.75, 3.05) is 0 Å². The summed E-state index contributed by atoms with van der Waals surface area (Å²) in [4.78, 5) is 15.4. The van der Waals surface area contributed by atoms with E-state index in [1.54, 1.807) is 0 Å². The van der Waals surface area contributed by atoms with Crippen LogP contribution in [0, 0.1) is 0 Å². The van der Waals surface area contributed by atoms with Gasteiger partial charge in [0.05, 0.1) is 0 Å². The molecule has 9 rings (SSSR count). The van der Waals surface area contributed by atoms with E-state index < -0.39 is 0 Å². The van der Waals surface area contributed by atoms with Gasteiger partial charge in [0.1, 0.15) is 11.2 Å². The minimum atomic E-state index is -0.213. The summed E-state index contributed by atoms with van der Waals surface area (Å²) < 4.78 is 6.37. The average molecular weight is 592 g/mol. The van der Waals surface area contributed by atoms with Crippen LogP contribution in [0.3, 0.4) is 0 Å². The fraction of sp³-hybridized carbons (Fsp3) is 0.0714. The van der Waals surface area contributed by atoms with Gasteiger partial charge >= 0.3 is 0 Å². The van der Waals surface area contributed by atoms with Crippen LogP contribution < -0.4 is 0 Å². The van der Waals surface area contributed by atoms with Crippen molar-refractivity contribution in [3.05, 3.63) is 151 Å². The van der Waals surface area contributed by atoms with Gasteiger partial charge in [-0.05, 0) is 51.6 Å². The van der Waals surface area contributed by atoms with Gasteiger partial charge in [-0.3, -0.25) is 0 Å². The number of benzene rings is 6. The summed E-state index contributed by atoms with van der Waals surface area (Å²) in [7, 11) is 0. The third-order valence-corrected chi connectivity index (χ3v) is 9.34. The number of aromatic nitrogens is 3. The highest BCUT2D eigenvalue weighted by Crippen LogP contribution is 2.55. The van der Waals surface area contributed by atoms with E-state index in [1.165, 1.54) is 16.7 Å². The quantitative estimate of drug-likeness (QED) is 0.204. The Kier molecular flexibility index (Phi) is 5.81. The molecule has 4 heteroatoms. The minimum Gasteiger partial charge on any atom is -0.456 e. The van der Waals surface area contributed by atoms with Crippen LogP contribution in [0.5, 0.6) is 0 Å². The molecule has 46 heavy (non-hydrogen) atoms. The summed E-state index contributed by atoms with van der Waals surface area (Å²) in [5.74, 6) is 1.94. The largest absolute Gasteiger partial charge is 0.456 e. The highest BCUT2D eigenvalue weighted by atomic mass is 16.3. The van der Waals surface area contributed by atoms with E-state index in [4.69, 9.17) is 19.4 Å². The second-order valence-corrected chi connectivity index (χ2v) is 12.4. The van der Waals surface area contributed by atoms with Gasteiger partial charge in [-0.15, -0.1) is 0 Å². The Balaban J connectivity index is 1.32. The first-order valence-corrected chi connectivity index (χ1v) is 15.6. The number of hydrogen-bond acceptors (Lipinski definition) is 4. The van der Waals surface area contributed by atoms with Gasteiger partial charge < -0.3 is 4.42 Å². The van der Waals surface area contributed by atoms with E-state index in [-0.39, 0.29) is 5.41 Å². The molecular weight excluding hydrogens is 562 g/mol. The van der Waals surface area contributed by atoms with E-state index in [2.05, 4.69) is 117 Å². The zero-order valence-corrected chi connectivity index (χ0v) is 25.5. The van der Waals surface area contributed by atoms with E-state index in [0.717, 1.165) is 55.3 Å². The molecule has 0 N–H and O–H groups in total. The molecule has 4 nitrogen and oxygen atoms in total. The maximum atomic E-state index is 6.37. The molecule has 0 spiro atoms. The monoisotopic (exact) mass is 591 g/mol. The smallest absolute Gasteiger partial charge is 0.164 e. The molecule has 0 radical (unpaired) electrons. The molecule has 0 unspecified atom stereocenters. The second-order valence-electron chi connectivity index (χ2n) is 12.4. The van der Waals surface area contributed by atoms with E-state index in [1.807, 2.05) is 36.4 Å². The standard InChI is InChI=1S/C42H29N3O/c1-42(2)32-21-12-20-31(36(32)38-33(42)23-24-35-37(38)30-19-9-10-22-34(30)46-35)41-44-39(27-15-7-4-8-16-27)43-40(45-41)29-18-11-17-28(25-29)26-13-5-3-6-14-26/h3-25H,1-2H3. The van der Waals surface area contributed by atoms with Crippen molar-refractivity contribution in [1.82, 2.24) is 15.0 Å². The molecule has 2 aromatic heterocycles. The van der Waals surface area contributed by atoms with Crippen LogP contribution in [0.2, 0.25) is 0 Å². The topological polar surface area (TPSA) is 51.8 Å². The van der Waals surface area contributed by atoms with Crippen molar-refractivity contribution in [3.63, 3.8) is 0 Å². The van der Waals surface area contributed by atoms with Crippen molar-refractivity contribution in [3.8, 4) is 56.4 Å². The van der Waals surface area contributed by atoms with Gasteiger partial charge in [-0.2, -0.15) is 0 Å². The lowest BCUT2D eigenvalue weighted by Gasteiger charge is -2.21. The Morgan fingerprint density at radius 1 is 0.457 bits per heavy atom. The molecule has 0 saturated carbocycles. The van der Waals surface area contributed by atoms with Crippen LogP contribution in [-0.4, -0.2) is 15.0 Å². The maximum absolute atomic E-state index is 6.37. The summed E-state index contributed by atoms with van der Waals surface area (Å²) in [5, 5.41) is 2.26. The predicted octanol–water partition coefficient (Wildman–Crippen LogP) is 10.7. The molecule has 0 bridgehead atoms. The molecular formula is C42H29N3O. The molecule has 1 aliphatic carbocycles. The Morgan fingerprint density at radius 2 is 1.07 bits per heavy atom. The van der Waals surface area contributed by atoms with Crippen LogP contribution in [0.15, 0.2) is 144 Å². The number of hydrogen-bond donors (Lipinski definition) is 0. The number of furan rings is 1. The fourth-order valence-corrected chi connectivity index (χ4v) is 7.08. The SMILES string of the molecule is CC1(C)c2cccc(-c3nc(-c4ccccc4)nc(-c4cccc(-c5ccccc5)c4)n3)c2-c2c1ccc1oc3ccccc3c21. The van der Waals surface area contributed by atoms with Crippen LogP contribution in [0.1, 0.15) is 25.0 Å².